The minimum Gasteiger partial charge on any atom is -0.492 e. The summed E-state index contributed by atoms with van der Waals surface area (Å²) >= 11 is 0. The standard InChI is InChI=1S/C24H28N2O5S/c1-3-31-21-11-7-6-10-20(21)25-32(29,30)22-14-17(13-12-16(22)2)15-26-23(27)18-8-4-5-9-19(18)24(26)28/h6-7,10-14,18-19,25H,3-5,8-9,15H2,1-2H3/t18-,19+. The Bertz CT molecular complexity index is 1120. The van der Waals surface area contributed by atoms with Crippen LogP contribution in [-0.4, -0.2) is 31.7 Å². The van der Waals surface area contributed by atoms with Gasteiger partial charge < -0.3 is 4.74 Å². The summed E-state index contributed by atoms with van der Waals surface area (Å²) in [5.41, 5.74) is 1.53. The average molecular weight is 457 g/mol. The van der Waals surface area contributed by atoms with E-state index in [1.54, 1.807) is 49.4 Å². The van der Waals surface area contributed by atoms with Crippen LogP contribution in [0.5, 0.6) is 5.75 Å². The Kier molecular flexibility index (Phi) is 6.24. The molecule has 2 amide bonds. The first-order valence-electron chi connectivity index (χ1n) is 11.0. The lowest BCUT2D eigenvalue weighted by Gasteiger charge is -2.19. The first-order valence-corrected chi connectivity index (χ1v) is 12.5. The van der Waals surface area contributed by atoms with Gasteiger partial charge >= 0.3 is 0 Å². The maximum Gasteiger partial charge on any atom is 0.262 e. The minimum atomic E-state index is -3.91. The second kappa shape index (κ2) is 8.94. The second-order valence-electron chi connectivity index (χ2n) is 8.39. The Morgan fingerprint density at radius 2 is 1.69 bits per heavy atom. The summed E-state index contributed by atoms with van der Waals surface area (Å²) in [5, 5.41) is 0. The molecule has 170 valence electrons. The van der Waals surface area contributed by atoms with E-state index in [2.05, 4.69) is 4.72 Å². The monoisotopic (exact) mass is 456 g/mol. The molecule has 2 atom stereocenters. The number of aryl methyl sites for hydroxylation is 1. The summed E-state index contributed by atoms with van der Waals surface area (Å²) in [7, 11) is -3.91. The molecular weight excluding hydrogens is 428 g/mol. The lowest BCUT2D eigenvalue weighted by atomic mass is 9.81. The highest BCUT2D eigenvalue weighted by Crippen LogP contribution is 2.38. The molecule has 2 fully saturated rings. The first kappa shape index (κ1) is 22.3. The van der Waals surface area contributed by atoms with Crippen molar-refractivity contribution in [1.29, 1.82) is 0 Å². The molecule has 7 nitrogen and oxygen atoms in total. The molecule has 0 unspecified atom stereocenters. The number of nitrogens with zero attached hydrogens (tertiary/aromatic N) is 1. The molecule has 1 N–H and O–H groups in total. The van der Waals surface area contributed by atoms with Gasteiger partial charge in [0.05, 0.1) is 35.6 Å². The average Bonchev–Trinajstić information content (AvgIpc) is 3.01. The van der Waals surface area contributed by atoms with Crippen LogP contribution in [0.3, 0.4) is 0 Å². The van der Waals surface area contributed by atoms with Crippen molar-refractivity contribution in [1.82, 2.24) is 4.90 Å². The van der Waals surface area contributed by atoms with Gasteiger partial charge in [-0.25, -0.2) is 8.42 Å². The maximum atomic E-state index is 13.2. The van der Waals surface area contributed by atoms with E-state index in [9.17, 15) is 18.0 Å². The molecule has 1 aliphatic carbocycles. The summed E-state index contributed by atoms with van der Waals surface area (Å²) in [6.07, 6.45) is 3.44. The van der Waals surface area contributed by atoms with E-state index in [0.717, 1.165) is 25.7 Å². The quantitative estimate of drug-likeness (QED) is 0.639. The van der Waals surface area contributed by atoms with Gasteiger partial charge in [0, 0.05) is 0 Å². The normalized spacial score (nSPS) is 20.9. The largest absolute Gasteiger partial charge is 0.492 e. The number of amides is 2. The number of benzene rings is 2. The van der Waals surface area contributed by atoms with Crippen LogP contribution in [0.4, 0.5) is 5.69 Å². The number of ether oxygens (including phenoxy) is 1. The zero-order valence-electron chi connectivity index (χ0n) is 18.3. The Morgan fingerprint density at radius 1 is 1.03 bits per heavy atom. The lowest BCUT2D eigenvalue weighted by molar-refractivity contribution is -0.140. The Morgan fingerprint density at radius 3 is 2.34 bits per heavy atom. The number of anilines is 1. The number of hydrogen-bond acceptors (Lipinski definition) is 5. The van der Waals surface area contributed by atoms with Crippen LogP contribution >= 0.6 is 0 Å². The van der Waals surface area contributed by atoms with Crippen molar-refractivity contribution in [2.45, 2.75) is 51.0 Å². The molecule has 2 aromatic rings. The number of carbonyl (C=O) groups is 2. The van der Waals surface area contributed by atoms with E-state index in [1.165, 1.54) is 4.90 Å². The fourth-order valence-electron chi connectivity index (χ4n) is 4.63. The van der Waals surface area contributed by atoms with Gasteiger partial charge in [-0.1, -0.05) is 37.1 Å². The summed E-state index contributed by atoms with van der Waals surface area (Å²) in [6, 6.07) is 11.9. The highest BCUT2D eigenvalue weighted by Gasteiger charge is 2.47. The van der Waals surface area contributed by atoms with Crippen LogP contribution in [0.1, 0.15) is 43.7 Å². The summed E-state index contributed by atoms with van der Waals surface area (Å²) < 4.78 is 34.5. The van der Waals surface area contributed by atoms with E-state index in [4.69, 9.17) is 4.74 Å². The summed E-state index contributed by atoms with van der Waals surface area (Å²) in [4.78, 5) is 27.0. The molecule has 2 aromatic carbocycles. The van der Waals surface area contributed by atoms with Crippen LogP contribution < -0.4 is 9.46 Å². The number of para-hydroxylation sites is 2. The van der Waals surface area contributed by atoms with E-state index >= 15 is 0 Å². The van der Waals surface area contributed by atoms with Crippen molar-refractivity contribution in [2.24, 2.45) is 11.8 Å². The molecule has 1 saturated heterocycles. The molecule has 0 radical (unpaired) electrons. The fourth-order valence-corrected chi connectivity index (χ4v) is 6.00. The Balaban J connectivity index is 1.59. The summed E-state index contributed by atoms with van der Waals surface area (Å²) in [5.74, 6) is -0.256. The zero-order chi connectivity index (χ0) is 22.9. The van der Waals surface area contributed by atoms with Crippen molar-refractivity contribution in [3.63, 3.8) is 0 Å². The van der Waals surface area contributed by atoms with Crippen molar-refractivity contribution in [3.8, 4) is 5.75 Å². The molecule has 4 rings (SSSR count). The third-order valence-electron chi connectivity index (χ3n) is 6.25. The second-order valence-corrected chi connectivity index (χ2v) is 10.0. The third-order valence-corrected chi connectivity index (χ3v) is 7.75. The lowest BCUT2D eigenvalue weighted by Crippen LogP contribution is -2.30. The number of carbonyl (C=O) groups excluding carboxylic acids is 2. The Hall–Kier alpha value is -2.87. The number of imide groups is 1. The van der Waals surface area contributed by atoms with E-state index < -0.39 is 10.0 Å². The molecule has 0 spiro atoms. The molecule has 1 heterocycles. The van der Waals surface area contributed by atoms with Crippen molar-refractivity contribution in [3.05, 3.63) is 53.6 Å². The van der Waals surface area contributed by atoms with Crippen LogP contribution in [0.2, 0.25) is 0 Å². The minimum absolute atomic E-state index is 0.0863. The molecular formula is C24H28N2O5S. The van der Waals surface area contributed by atoms with Gasteiger partial charge in [-0.3, -0.25) is 19.2 Å². The van der Waals surface area contributed by atoms with Gasteiger partial charge in [-0.15, -0.1) is 0 Å². The number of likely N-dealkylation sites (tertiary alicyclic amines) is 1. The van der Waals surface area contributed by atoms with Crippen LogP contribution in [0.15, 0.2) is 47.4 Å². The SMILES string of the molecule is CCOc1ccccc1NS(=O)(=O)c1cc(CN2C(=O)[C@H]3CCCC[C@H]3C2=O)ccc1C. The number of sulfonamides is 1. The van der Waals surface area contributed by atoms with Crippen LogP contribution in [0, 0.1) is 18.8 Å². The van der Waals surface area contributed by atoms with Crippen molar-refractivity contribution in [2.75, 3.05) is 11.3 Å². The highest BCUT2D eigenvalue weighted by atomic mass is 32.2. The molecule has 0 bridgehead atoms. The predicted molar refractivity (Wildman–Crippen MR) is 121 cm³/mol. The molecule has 8 heteroatoms. The van der Waals surface area contributed by atoms with Gasteiger partial charge in [-0.2, -0.15) is 0 Å². The number of rotatable bonds is 7. The topological polar surface area (TPSA) is 92.8 Å². The van der Waals surface area contributed by atoms with Gasteiger partial charge in [-0.05, 0) is 56.0 Å². The van der Waals surface area contributed by atoms with Crippen LogP contribution in [0.25, 0.3) is 0 Å². The van der Waals surface area contributed by atoms with Crippen molar-refractivity contribution < 1.29 is 22.7 Å². The third kappa shape index (κ3) is 4.24. The highest BCUT2D eigenvalue weighted by molar-refractivity contribution is 7.92. The first-order chi connectivity index (χ1) is 15.3. The van der Waals surface area contributed by atoms with E-state index in [-0.39, 0.29) is 35.1 Å². The number of hydrogen-bond donors (Lipinski definition) is 1. The smallest absolute Gasteiger partial charge is 0.262 e. The van der Waals surface area contributed by atoms with Gasteiger partial charge in [0.25, 0.3) is 10.0 Å². The van der Waals surface area contributed by atoms with Gasteiger partial charge in [0.1, 0.15) is 5.75 Å². The Labute approximate surface area is 188 Å². The molecule has 1 aliphatic heterocycles. The number of nitrogens with one attached hydrogen (secondary N) is 1. The van der Waals surface area contributed by atoms with E-state index in [0.29, 0.717) is 29.2 Å². The zero-order valence-corrected chi connectivity index (χ0v) is 19.2. The molecule has 0 aromatic heterocycles. The van der Waals surface area contributed by atoms with Gasteiger partial charge in [0.2, 0.25) is 11.8 Å². The maximum absolute atomic E-state index is 13.2. The summed E-state index contributed by atoms with van der Waals surface area (Å²) in [6.45, 7) is 4.04. The fraction of sp³-hybridized carbons (Fsp3) is 0.417. The molecule has 1 saturated carbocycles. The molecule has 32 heavy (non-hydrogen) atoms. The van der Waals surface area contributed by atoms with Gasteiger partial charge in [0.15, 0.2) is 0 Å². The predicted octanol–water partition coefficient (Wildman–Crippen LogP) is 3.87. The van der Waals surface area contributed by atoms with E-state index in [1.807, 2.05) is 6.92 Å². The van der Waals surface area contributed by atoms with Crippen molar-refractivity contribution >= 4 is 27.5 Å². The molecule has 2 aliphatic rings. The number of fused-ring (bicyclic) bond motifs is 1. The van der Waals surface area contributed by atoms with Crippen LogP contribution in [-0.2, 0) is 26.2 Å².